The first kappa shape index (κ1) is 23.4. The predicted octanol–water partition coefficient (Wildman–Crippen LogP) is 6.32. The molecular weight excluding hydrogens is 332 g/mol. The Morgan fingerprint density at radius 1 is 1.04 bits per heavy atom. The minimum Gasteiger partial charge on any atom is -0.385 e. The Hall–Kier alpha value is -1.61. The fraction of sp³-hybridized carbons (Fsp3) is 0.625. The van der Waals surface area contributed by atoms with E-state index in [2.05, 4.69) is 44.5 Å². The van der Waals surface area contributed by atoms with Gasteiger partial charge in [-0.05, 0) is 70.0 Å². The lowest BCUT2D eigenvalue weighted by molar-refractivity contribution is 0.0584. The fourth-order valence-electron chi connectivity index (χ4n) is 3.41. The Morgan fingerprint density at radius 2 is 1.59 bits per heavy atom. The van der Waals surface area contributed by atoms with E-state index in [0.29, 0.717) is 6.42 Å². The molecule has 0 bridgehead atoms. The SMILES string of the molecule is C=CCC(C)(C(=O)c1ccc(NCCCC)cc1)N(CCCC)CCCC. The van der Waals surface area contributed by atoms with Crippen molar-refractivity contribution in [2.75, 3.05) is 25.0 Å². The third kappa shape index (κ3) is 7.14. The molecule has 152 valence electrons. The highest BCUT2D eigenvalue weighted by atomic mass is 16.1. The first-order chi connectivity index (χ1) is 13.0. The van der Waals surface area contributed by atoms with E-state index in [1.807, 2.05) is 30.3 Å². The van der Waals surface area contributed by atoms with Crippen molar-refractivity contribution in [2.24, 2.45) is 0 Å². The molecule has 1 atom stereocenters. The van der Waals surface area contributed by atoms with Crippen LogP contribution in [0.5, 0.6) is 0 Å². The van der Waals surface area contributed by atoms with Crippen molar-refractivity contribution in [3.8, 4) is 0 Å². The molecule has 1 N–H and O–H groups in total. The second-order valence-corrected chi connectivity index (χ2v) is 7.65. The molecule has 0 heterocycles. The quantitative estimate of drug-likeness (QED) is 0.222. The number of unbranched alkanes of at least 4 members (excludes halogenated alkanes) is 3. The zero-order valence-electron chi connectivity index (χ0n) is 18.0. The van der Waals surface area contributed by atoms with Gasteiger partial charge in [0.25, 0.3) is 0 Å². The van der Waals surface area contributed by atoms with E-state index in [9.17, 15) is 4.79 Å². The zero-order chi connectivity index (χ0) is 20.1. The Balaban J connectivity index is 3.00. The molecule has 0 aliphatic heterocycles. The van der Waals surface area contributed by atoms with Crippen molar-refractivity contribution in [3.05, 3.63) is 42.5 Å². The number of ketones is 1. The fourth-order valence-corrected chi connectivity index (χ4v) is 3.41. The van der Waals surface area contributed by atoms with Crippen molar-refractivity contribution in [3.63, 3.8) is 0 Å². The zero-order valence-corrected chi connectivity index (χ0v) is 18.0. The highest BCUT2D eigenvalue weighted by molar-refractivity contribution is 6.03. The Labute approximate surface area is 167 Å². The van der Waals surface area contributed by atoms with Crippen molar-refractivity contribution in [1.82, 2.24) is 4.90 Å². The number of anilines is 1. The molecule has 0 amide bonds. The number of rotatable bonds is 15. The average Bonchev–Trinajstić information content (AvgIpc) is 2.68. The van der Waals surface area contributed by atoms with Gasteiger partial charge in [0.15, 0.2) is 5.78 Å². The number of benzene rings is 1. The Bertz CT molecular complexity index is 544. The Morgan fingerprint density at radius 3 is 2.07 bits per heavy atom. The third-order valence-electron chi connectivity index (χ3n) is 5.30. The molecule has 1 aromatic rings. The molecule has 1 aromatic carbocycles. The molecular formula is C24H40N2O. The molecule has 0 spiro atoms. The number of hydrogen-bond acceptors (Lipinski definition) is 3. The van der Waals surface area contributed by atoms with E-state index in [1.165, 1.54) is 6.42 Å². The topological polar surface area (TPSA) is 32.3 Å². The lowest BCUT2D eigenvalue weighted by Crippen LogP contribution is -2.53. The van der Waals surface area contributed by atoms with Gasteiger partial charge in [0, 0.05) is 17.8 Å². The van der Waals surface area contributed by atoms with E-state index in [0.717, 1.165) is 63.0 Å². The van der Waals surface area contributed by atoms with Crippen LogP contribution in [0.2, 0.25) is 0 Å². The summed E-state index contributed by atoms with van der Waals surface area (Å²) >= 11 is 0. The summed E-state index contributed by atoms with van der Waals surface area (Å²) in [7, 11) is 0. The van der Waals surface area contributed by atoms with Crippen LogP contribution in [0, 0.1) is 0 Å². The minimum absolute atomic E-state index is 0.203. The van der Waals surface area contributed by atoms with Crippen LogP contribution in [-0.2, 0) is 0 Å². The maximum Gasteiger partial charge on any atom is 0.183 e. The minimum atomic E-state index is -0.525. The monoisotopic (exact) mass is 372 g/mol. The van der Waals surface area contributed by atoms with Crippen LogP contribution in [0.4, 0.5) is 5.69 Å². The lowest BCUT2D eigenvalue weighted by Gasteiger charge is -2.40. The number of Topliss-reactive ketones (excluding diaryl/α,β-unsaturated/α-hetero) is 1. The molecule has 3 heteroatoms. The van der Waals surface area contributed by atoms with Crippen molar-refractivity contribution < 1.29 is 4.79 Å². The summed E-state index contributed by atoms with van der Waals surface area (Å²) in [6.45, 7) is 15.5. The van der Waals surface area contributed by atoms with Gasteiger partial charge in [0.1, 0.15) is 0 Å². The van der Waals surface area contributed by atoms with Crippen molar-refractivity contribution in [1.29, 1.82) is 0 Å². The molecule has 1 unspecified atom stereocenters. The van der Waals surface area contributed by atoms with Gasteiger partial charge in [-0.2, -0.15) is 0 Å². The standard InChI is InChI=1S/C24H40N2O/c1-6-10-18-25-22-15-13-21(14-16-22)23(27)24(5,17-9-4)26(19-11-7-2)20-12-8-3/h9,13-16,25H,4,6-8,10-12,17-20H2,1-3,5H3. The summed E-state index contributed by atoms with van der Waals surface area (Å²) in [5.41, 5.74) is 1.35. The summed E-state index contributed by atoms with van der Waals surface area (Å²) in [5.74, 6) is 0.203. The highest BCUT2D eigenvalue weighted by Gasteiger charge is 2.38. The van der Waals surface area contributed by atoms with Crippen LogP contribution in [0.25, 0.3) is 0 Å². The number of nitrogens with zero attached hydrogens (tertiary/aromatic N) is 1. The Kier molecular flexibility index (Phi) is 11.0. The molecule has 0 fully saturated rings. The molecule has 0 saturated heterocycles. The summed E-state index contributed by atoms with van der Waals surface area (Å²) in [6, 6.07) is 7.99. The smallest absolute Gasteiger partial charge is 0.183 e. The predicted molar refractivity (Wildman–Crippen MR) is 119 cm³/mol. The van der Waals surface area contributed by atoms with Crippen molar-refractivity contribution in [2.45, 2.75) is 78.2 Å². The highest BCUT2D eigenvalue weighted by Crippen LogP contribution is 2.27. The van der Waals surface area contributed by atoms with E-state index in [4.69, 9.17) is 0 Å². The molecule has 3 nitrogen and oxygen atoms in total. The first-order valence-corrected chi connectivity index (χ1v) is 10.8. The molecule has 1 rings (SSSR count). The van der Waals surface area contributed by atoms with E-state index >= 15 is 0 Å². The molecule has 0 aliphatic carbocycles. The second-order valence-electron chi connectivity index (χ2n) is 7.65. The van der Waals surface area contributed by atoms with Gasteiger partial charge in [0.05, 0.1) is 5.54 Å². The normalized spacial score (nSPS) is 13.4. The van der Waals surface area contributed by atoms with E-state index < -0.39 is 5.54 Å². The van der Waals surface area contributed by atoms with E-state index in [-0.39, 0.29) is 5.78 Å². The van der Waals surface area contributed by atoms with Gasteiger partial charge in [0.2, 0.25) is 0 Å². The van der Waals surface area contributed by atoms with Gasteiger partial charge in [-0.15, -0.1) is 6.58 Å². The summed E-state index contributed by atoms with van der Waals surface area (Å²) < 4.78 is 0. The van der Waals surface area contributed by atoms with Crippen LogP contribution in [0.1, 0.15) is 83.0 Å². The molecule has 0 aromatic heterocycles. The summed E-state index contributed by atoms with van der Waals surface area (Å²) in [5, 5.41) is 3.42. The largest absolute Gasteiger partial charge is 0.385 e. The lowest BCUT2D eigenvalue weighted by atomic mass is 9.85. The third-order valence-corrected chi connectivity index (χ3v) is 5.30. The first-order valence-electron chi connectivity index (χ1n) is 10.8. The average molecular weight is 373 g/mol. The van der Waals surface area contributed by atoms with Crippen LogP contribution in [0.3, 0.4) is 0 Å². The number of nitrogens with one attached hydrogen (secondary N) is 1. The van der Waals surface area contributed by atoms with Crippen molar-refractivity contribution >= 4 is 11.5 Å². The summed E-state index contributed by atoms with van der Waals surface area (Å²) in [4.78, 5) is 15.9. The van der Waals surface area contributed by atoms with E-state index in [1.54, 1.807) is 0 Å². The van der Waals surface area contributed by atoms with Crippen LogP contribution >= 0.6 is 0 Å². The van der Waals surface area contributed by atoms with Gasteiger partial charge in [-0.3, -0.25) is 9.69 Å². The maximum absolute atomic E-state index is 13.5. The van der Waals surface area contributed by atoms with Gasteiger partial charge in [-0.25, -0.2) is 0 Å². The van der Waals surface area contributed by atoms with Gasteiger partial charge >= 0.3 is 0 Å². The van der Waals surface area contributed by atoms with Crippen LogP contribution in [-0.4, -0.2) is 35.9 Å². The van der Waals surface area contributed by atoms with Crippen LogP contribution in [0.15, 0.2) is 36.9 Å². The molecule has 0 aliphatic rings. The maximum atomic E-state index is 13.5. The molecule has 27 heavy (non-hydrogen) atoms. The summed E-state index contributed by atoms with van der Waals surface area (Å²) in [6.07, 6.45) is 9.40. The number of carbonyl (C=O) groups excluding carboxylic acids is 1. The van der Waals surface area contributed by atoms with Gasteiger partial charge < -0.3 is 5.32 Å². The van der Waals surface area contributed by atoms with Crippen LogP contribution < -0.4 is 5.32 Å². The molecule has 0 saturated carbocycles. The number of carbonyl (C=O) groups is 1. The molecule has 0 radical (unpaired) electrons. The van der Waals surface area contributed by atoms with Gasteiger partial charge in [-0.1, -0.05) is 46.1 Å². The number of hydrogen-bond donors (Lipinski definition) is 1. The second kappa shape index (κ2) is 12.7.